The topological polar surface area (TPSA) is 64.9 Å². The monoisotopic (exact) mass is 359 g/mol. The molecule has 1 heterocycles. The van der Waals surface area contributed by atoms with Crippen molar-refractivity contribution in [3.8, 4) is 6.07 Å². The zero-order valence-electron chi connectivity index (χ0n) is 16.1. The van der Waals surface area contributed by atoms with E-state index in [0.29, 0.717) is 5.56 Å². The van der Waals surface area contributed by atoms with Crippen molar-refractivity contribution in [2.24, 2.45) is 0 Å². The van der Waals surface area contributed by atoms with Gasteiger partial charge in [0.1, 0.15) is 0 Å². The van der Waals surface area contributed by atoms with E-state index in [2.05, 4.69) is 43.5 Å². The number of nitrogens with zero attached hydrogens (tertiary/aromatic N) is 1. The van der Waals surface area contributed by atoms with E-state index in [1.807, 2.05) is 24.3 Å². The second-order valence-electron chi connectivity index (χ2n) is 7.48. The summed E-state index contributed by atoms with van der Waals surface area (Å²) in [5.74, 6) is -0.194. The average molecular weight is 359 g/mol. The molecule has 0 aliphatic carbocycles. The Morgan fingerprint density at radius 1 is 1.30 bits per heavy atom. The molecule has 4 heteroatoms. The number of hydrogen-bond donors (Lipinski definition) is 2. The lowest BCUT2D eigenvalue weighted by molar-refractivity contribution is -0.111. The van der Waals surface area contributed by atoms with E-state index in [1.165, 1.54) is 22.8 Å². The number of amides is 1. The first-order chi connectivity index (χ1) is 13.0. The van der Waals surface area contributed by atoms with Gasteiger partial charge in [-0.25, -0.2) is 0 Å². The summed E-state index contributed by atoms with van der Waals surface area (Å²) in [6, 6.07) is 13.5. The minimum Gasteiger partial charge on any atom is -0.322 e. The summed E-state index contributed by atoms with van der Waals surface area (Å²) in [5, 5.41) is 15.7. The van der Waals surface area contributed by atoms with Crippen molar-refractivity contribution < 1.29 is 4.79 Å². The van der Waals surface area contributed by atoms with Crippen molar-refractivity contribution in [3.63, 3.8) is 0 Å². The van der Waals surface area contributed by atoms with E-state index >= 15 is 0 Å². The average Bonchev–Trinajstić information content (AvgIpc) is 2.66. The third kappa shape index (κ3) is 3.94. The Labute approximate surface area is 160 Å². The SMILES string of the molecule is CCc1c(NC(=O)C=Cc2ccccc2C#N)ccc2c1CNCC2(C)C. The smallest absolute Gasteiger partial charge is 0.248 e. The number of nitriles is 1. The second kappa shape index (κ2) is 7.77. The van der Waals surface area contributed by atoms with Crippen LogP contribution in [0.25, 0.3) is 6.08 Å². The van der Waals surface area contributed by atoms with Crippen molar-refractivity contribution in [1.82, 2.24) is 5.32 Å². The predicted octanol–water partition coefficient (Wildman–Crippen LogP) is 4.15. The van der Waals surface area contributed by atoms with Gasteiger partial charge in [-0.05, 0) is 46.9 Å². The quantitative estimate of drug-likeness (QED) is 0.806. The van der Waals surface area contributed by atoms with Gasteiger partial charge in [-0.3, -0.25) is 4.79 Å². The summed E-state index contributed by atoms with van der Waals surface area (Å²) in [6.07, 6.45) is 4.03. The molecular weight excluding hydrogens is 334 g/mol. The van der Waals surface area contributed by atoms with Crippen molar-refractivity contribution in [2.45, 2.75) is 39.2 Å². The third-order valence-electron chi connectivity index (χ3n) is 5.14. The summed E-state index contributed by atoms with van der Waals surface area (Å²) in [4.78, 5) is 12.5. The zero-order valence-corrected chi connectivity index (χ0v) is 16.1. The minimum atomic E-state index is -0.194. The molecule has 138 valence electrons. The number of fused-ring (bicyclic) bond motifs is 1. The standard InChI is InChI=1S/C23H25N3O/c1-4-18-19-14-25-15-23(2,3)20(19)10-11-21(18)26-22(27)12-9-16-7-5-6-8-17(16)13-24/h5-12,25H,4,14-15H2,1-3H3,(H,26,27). The van der Waals surface area contributed by atoms with Crippen LogP contribution in [0.4, 0.5) is 5.69 Å². The summed E-state index contributed by atoms with van der Waals surface area (Å²) < 4.78 is 0. The van der Waals surface area contributed by atoms with Gasteiger partial charge in [0.2, 0.25) is 5.91 Å². The Bertz CT molecular complexity index is 935. The van der Waals surface area contributed by atoms with Crippen LogP contribution in [0.3, 0.4) is 0 Å². The van der Waals surface area contributed by atoms with Gasteiger partial charge < -0.3 is 10.6 Å². The number of anilines is 1. The lowest BCUT2D eigenvalue weighted by atomic mass is 9.77. The maximum absolute atomic E-state index is 12.5. The fourth-order valence-corrected chi connectivity index (χ4v) is 3.73. The van der Waals surface area contributed by atoms with Gasteiger partial charge in [-0.1, -0.05) is 45.0 Å². The van der Waals surface area contributed by atoms with Crippen LogP contribution >= 0.6 is 0 Å². The number of hydrogen-bond acceptors (Lipinski definition) is 3. The second-order valence-corrected chi connectivity index (χ2v) is 7.48. The van der Waals surface area contributed by atoms with Crippen LogP contribution in [-0.2, 0) is 23.2 Å². The number of nitrogens with one attached hydrogen (secondary N) is 2. The highest BCUT2D eigenvalue weighted by Crippen LogP contribution is 2.35. The van der Waals surface area contributed by atoms with Crippen LogP contribution in [0.5, 0.6) is 0 Å². The highest BCUT2D eigenvalue weighted by molar-refractivity contribution is 6.02. The maximum atomic E-state index is 12.5. The molecule has 2 N–H and O–H groups in total. The molecule has 0 atom stereocenters. The molecule has 1 amide bonds. The highest BCUT2D eigenvalue weighted by atomic mass is 16.1. The molecule has 4 nitrogen and oxygen atoms in total. The molecule has 0 radical (unpaired) electrons. The first-order valence-electron chi connectivity index (χ1n) is 9.30. The first kappa shape index (κ1) is 18.9. The largest absolute Gasteiger partial charge is 0.322 e. The van der Waals surface area contributed by atoms with Crippen LogP contribution in [-0.4, -0.2) is 12.5 Å². The summed E-state index contributed by atoms with van der Waals surface area (Å²) in [6.45, 7) is 8.38. The molecule has 0 saturated heterocycles. The van der Waals surface area contributed by atoms with Crippen LogP contribution in [0.1, 0.15) is 48.6 Å². The van der Waals surface area contributed by atoms with Gasteiger partial charge in [-0.2, -0.15) is 5.26 Å². The lowest BCUT2D eigenvalue weighted by Crippen LogP contribution is -2.39. The summed E-state index contributed by atoms with van der Waals surface area (Å²) >= 11 is 0. The molecule has 0 unspecified atom stereocenters. The van der Waals surface area contributed by atoms with Crippen LogP contribution in [0, 0.1) is 11.3 Å². The van der Waals surface area contributed by atoms with Gasteiger partial charge in [0.05, 0.1) is 11.6 Å². The van der Waals surface area contributed by atoms with E-state index in [4.69, 9.17) is 5.26 Å². The number of carbonyl (C=O) groups is 1. The molecule has 1 aliphatic rings. The lowest BCUT2D eigenvalue weighted by Gasteiger charge is -2.35. The molecule has 0 fully saturated rings. The number of benzene rings is 2. The van der Waals surface area contributed by atoms with E-state index in [1.54, 1.807) is 12.1 Å². The first-order valence-corrected chi connectivity index (χ1v) is 9.30. The van der Waals surface area contributed by atoms with Crippen LogP contribution in [0.2, 0.25) is 0 Å². The Kier molecular flexibility index (Phi) is 5.43. The van der Waals surface area contributed by atoms with Crippen molar-refractivity contribution >= 4 is 17.7 Å². The molecule has 1 aliphatic heterocycles. The number of rotatable bonds is 4. The Morgan fingerprint density at radius 2 is 2.07 bits per heavy atom. The van der Waals surface area contributed by atoms with Crippen molar-refractivity contribution in [1.29, 1.82) is 5.26 Å². The predicted molar refractivity (Wildman–Crippen MR) is 109 cm³/mol. The van der Waals surface area contributed by atoms with Gasteiger partial charge in [0.25, 0.3) is 0 Å². The Balaban J connectivity index is 1.85. The van der Waals surface area contributed by atoms with Crippen LogP contribution < -0.4 is 10.6 Å². The van der Waals surface area contributed by atoms with Gasteiger partial charge >= 0.3 is 0 Å². The third-order valence-corrected chi connectivity index (χ3v) is 5.14. The molecule has 0 bridgehead atoms. The molecule has 2 aromatic carbocycles. The normalized spacial score (nSPS) is 15.2. The molecule has 2 aromatic rings. The Hall–Kier alpha value is -2.90. The summed E-state index contributed by atoms with van der Waals surface area (Å²) in [5.41, 5.74) is 6.08. The molecule has 0 saturated carbocycles. The van der Waals surface area contributed by atoms with Gasteiger partial charge in [0.15, 0.2) is 0 Å². The van der Waals surface area contributed by atoms with Gasteiger partial charge in [0, 0.05) is 30.3 Å². The van der Waals surface area contributed by atoms with Crippen LogP contribution in [0.15, 0.2) is 42.5 Å². The highest BCUT2D eigenvalue weighted by Gasteiger charge is 2.29. The molecule has 0 spiro atoms. The van der Waals surface area contributed by atoms with E-state index in [0.717, 1.165) is 30.8 Å². The van der Waals surface area contributed by atoms with E-state index in [-0.39, 0.29) is 11.3 Å². The molecule has 27 heavy (non-hydrogen) atoms. The number of carbonyl (C=O) groups excluding carboxylic acids is 1. The summed E-state index contributed by atoms with van der Waals surface area (Å²) in [7, 11) is 0. The fraction of sp³-hybridized carbons (Fsp3) is 0.304. The van der Waals surface area contributed by atoms with E-state index in [9.17, 15) is 4.79 Å². The van der Waals surface area contributed by atoms with E-state index < -0.39 is 0 Å². The molecular formula is C23H25N3O. The zero-order chi connectivity index (χ0) is 19.4. The van der Waals surface area contributed by atoms with Gasteiger partial charge in [-0.15, -0.1) is 0 Å². The maximum Gasteiger partial charge on any atom is 0.248 e. The molecule has 0 aromatic heterocycles. The fourth-order valence-electron chi connectivity index (χ4n) is 3.73. The van der Waals surface area contributed by atoms with Crippen molar-refractivity contribution in [2.75, 3.05) is 11.9 Å². The molecule has 3 rings (SSSR count). The Morgan fingerprint density at radius 3 is 2.81 bits per heavy atom. The van der Waals surface area contributed by atoms with Crippen molar-refractivity contribution in [3.05, 3.63) is 70.3 Å². The minimum absolute atomic E-state index is 0.0843.